The summed E-state index contributed by atoms with van der Waals surface area (Å²) in [5.74, 6) is 1.75. The van der Waals surface area contributed by atoms with Gasteiger partial charge < -0.3 is 14.6 Å². The normalized spacial score (nSPS) is 10.4. The molecule has 0 bridgehead atoms. The van der Waals surface area contributed by atoms with Gasteiger partial charge in [0.05, 0.1) is 14.2 Å². The number of methoxy groups -OCH3 is 2. The Morgan fingerprint density at radius 2 is 1.34 bits per heavy atom. The third-order valence-electron chi connectivity index (χ3n) is 5.42. The van der Waals surface area contributed by atoms with E-state index in [1.165, 1.54) is 0 Å². The molecular formula is C29H30O3. The van der Waals surface area contributed by atoms with Crippen LogP contribution in [0, 0.1) is 0 Å². The van der Waals surface area contributed by atoms with Crippen LogP contribution in [0.2, 0.25) is 0 Å². The van der Waals surface area contributed by atoms with Gasteiger partial charge in [0.2, 0.25) is 0 Å². The predicted molar refractivity (Wildman–Crippen MR) is 134 cm³/mol. The molecule has 0 heterocycles. The first-order valence-corrected chi connectivity index (χ1v) is 10.6. The summed E-state index contributed by atoms with van der Waals surface area (Å²) < 4.78 is 11.6. The number of ether oxygens (including phenoxy) is 2. The van der Waals surface area contributed by atoms with E-state index in [2.05, 4.69) is 31.9 Å². The van der Waals surface area contributed by atoms with Crippen molar-refractivity contribution in [2.24, 2.45) is 0 Å². The maximum Gasteiger partial charge on any atom is 0.130 e. The minimum atomic E-state index is 0.228. The van der Waals surface area contributed by atoms with E-state index in [4.69, 9.17) is 9.47 Å². The molecule has 3 aromatic carbocycles. The molecule has 3 aromatic rings. The standard InChI is InChI=1S/C29H30O3/c1-6-9-20-12-14-27(30)24(16-20)23-18-22(11-8-3)29(32-5)26(19-23)25-17-21(10-7-2)13-15-28(25)31-4/h6-8,12-19,30H,1-3,9-11H2,4-5H3. The van der Waals surface area contributed by atoms with Gasteiger partial charge in [0, 0.05) is 16.7 Å². The summed E-state index contributed by atoms with van der Waals surface area (Å²) in [6.45, 7) is 11.6. The molecule has 1 N–H and O–H groups in total. The van der Waals surface area contributed by atoms with E-state index in [9.17, 15) is 5.11 Å². The first-order valence-electron chi connectivity index (χ1n) is 10.6. The average molecular weight is 427 g/mol. The Morgan fingerprint density at radius 1 is 0.719 bits per heavy atom. The number of aromatic hydroxyl groups is 1. The van der Waals surface area contributed by atoms with Gasteiger partial charge in [-0.1, -0.05) is 30.4 Å². The molecule has 0 aliphatic heterocycles. The summed E-state index contributed by atoms with van der Waals surface area (Å²) in [4.78, 5) is 0. The van der Waals surface area contributed by atoms with Crippen molar-refractivity contribution in [3.8, 4) is 39.5 Å². The van der Waals surface area contributed by atoms with Crippen LogP contribution in [-0.4, -0.2) is 19.3 Å². The lowest BCUT2D eigenvalue weighted by atomic mass is 9.91. The molecule has 0 saturated heterocycles. The SMILES string of the molecule is C=CCc1ccc(O)c(-c2cc(CC=C)c(OC)c(-c3cc(CC=C)ccc3OC)c2)c1. The highest BCUT2D eigenvalue weighted by Crippen LogP contribution is 2.43. The molecule has 0 amide bonds. The molecule has 32 heavy (non-hydrogen) atoms. The molecule has 0 atom stereocenters. The summed E-state index contributed by atoms with van der Waals surface area (Å²) >= 11 is 0. The molecule has 3 nitrogen and oxygen atoms in total. The Labute approximate surface area is 191 Å². The molecule has 3 heteroatoms. The van der Waals surface area contributed by atoms with Gasteiger partial charge in [-0.25, -0.2) is 0 Å². The molecule has 0 saturated carbocycles. The Hall–Kier alpha value is -3.72. The van der Waals surface area contributed by atoms with E-state index in [0.717, 1.165) is 63.3 Å². The summed E-state index contributed by atoms with van der Waals surface area (Å²) in [6, 6.07) is 15.9. The number of benzene rings is 3. The second-order valence-corrected chi connectivity index (χ2v) is 7.58. The highest BCUT2D eigenvalue weighted by atomic mass is 16.5. The summed E-state index contributed by atoms with van der Waals surface area (Å²) in [5.41, 5.74) is 6.69. The lowest BCUT2D eigenvalue weighted by Gasteiger charge is -2.19. The quantitative estimate of drug-likeness (QED) is 0.357. The van der Waals surface area contributed by atoms with Gasteiger partial charge in [-0.05, 0) is 77.9 Å². The van der Waals surface area contributed by atoms with Crippen LogP contribution in [-0.2, 0) is 19.3 Å². The van der Waals surface area contributed by atoms with Crippen LogP contribution >= 0.6 is 0 Å². The van der Waals surface area contributed by atoms with Crippen molar-refractivity contribution in [2.45, 2.75) is 19.3 Å². The number of phenolic OH excluding ortho intramolecular Hbond substituents is 1. The molecule has 0 aromatic heterocycles. The van der Waals surface area contributed by atoms with Crippen molar-refractivity contribution in [1.29, 1.82) is 0 Å². The van der Waals surface area contributed by atoms with Gasteiger partial charge in [-0.3, -0.25) is 0 Å². The Bertz CT molecular complexity index is 1140. The molecule has 3 rings (SSSR count). The van der Waals surface area contributed by atoms with Crippen molar-refractivity contribution < 1.29 is 14.6 Å². The summed E-state index contributed by atoms with van der Waals surface area (Å²) in [7, 11) is 3.34. The minimum Gasteiger partial charge on any atom is -0.507 e. The lowest BCUT2D eigenvalue weighted by molar-refractivity contribution is 0.408. The van der Waals surface area contributed by atoms with Gasteiger partial charge in [-0.2, -0.15) is 0 Å². The average Bonchev–Trinajstić information content (AvgIpc) is 2.80. The van der Waals surface area contributed by atoms with Gasteiger partial charge >= 0.3 is 0 Å². The van der Waals surface area contributed by atoms with Crippen molar-refractivity contribution in [2.75, 3.05) is 14.2 Å². The van der Waals surface area contributed by atoms with Crippen LogP contribution in [0.4, 0.5) is 0 Å². The molecule has 0 fully saturated rings. The second kappa shape index (κ2) is 10.5. The Morgan fingerprint density at radius 3 is 1.94 bits per heavy atom. The zero-order valence-corrected chi connectivity index (χ0v) is 18.9. The molecule has 0 spiro atoms. The molecule has 0 radical (unpaired) electrons. The molecule has 0 aliphatic rings. The van der Waals surface area contributed by atoms with Gasteiger partial charge in [0.1, 0.15) is 17.2 Å². The van der Waals surface area contributed by atoms with Gasteiger partial charge in [-0.15, -0.1) is 19.7 Å². The zero-order chi connectivity index (χ0) is 23.1. The fraction of sp³-hybridized carbons (Fsp3) is 0.172. The van der Waals surface area contributed by atoms with E-state index in [1.807, 2.05) is 48.6 Å². The van der Waals surface area contributed by atoms with Gasteiger partial charge in [0.25, 0.3) is 0 Å². The number of hydrogen-bond acceptors (Lipinski definition) is 3. The van der Waals surface area contributed by atoms with E-state index in [1.54, 1.807) is 20.3 Å². The number of rotatable bonds is 10. The number of allylic oxidation sites excluding steroid dienone is 3. The fourth-order valence-corrected chi connectivity index (χ4v) is 3.96. The third kappa shape index (κ3) is 4.78. The van der Waals surface area contributed by atoms with Crippen LogP contribution in [0.1, 0.15) is 16.7 Å². The zero-order valence-electron chi connectivity index (χ0n) is 18.9. The van der Waals surface area contributed by atoms with E-state index in [-0.39, 0.29) is 5.75 Å². The van der Waals surface area contributed by atoms with Crippen molar-refractivity contribution in [3.63, 3.8) is 0 Å². The highest BCUT2D eigenvalue weighted by Gasteiger charge is 2.18. The van der Waals surface area contributed by atoms with E-state index >= 15 is 0 Å². The molecule has 164 valence electrons. The van der Waals surface area contributed by atoms with Crippen LogP contribution in [0.3, 0.4) is 0 Å². The smallest absolute Gasteiger partial charge is 0.130 e. The Balaban J connectivity index is 2.32. The van der Waals surface area contributed by atoms with Gasteiger partial charge in [0.15, 0.2) is 0 Å². The highest BCUT2D eigenvalue weighted by molar-refractivity contribution is 5.84. The van der Waals surface area contributed by atoms with Crippen LogP contribution in [0.15, 0.2) is 86.5 Å². The van der Waals surface area contributed by atoms with Crippen molar-refractivity contribution >= 4 is 0 Å². The fourth-order valence-electron chi connectivity index (χ4n) is 3.96. The maximum absolute atomic E-state index is 10.7. The molecular weight excluding hydrogens is 396 g/mol. The first-order chi connectivity index (χ1) is 15.6. The number of phenols is 1. The van der Waals surface area contributed by atoms with E-state index < -0.39 is 0 Å². The van der Waals surface area contributed by atoms with E-state index in [0.29, 0.717) is 6.42 Å². The van der Waals surface area contributed by atoms with Crippen LogP contribution in [0.5, 0.6) is 17.2 Å². The molecule has 0 unspecified atom stereocenters. The third-order valence-corrected chi connectivity index (χ3v) is 5.42. The Kier molecular flexibility index (Phi) is 7.56. The van der Waals surface area contributed by atoms with Crippen LogP contribution < -0.4 is 9.47 Å². The van der Waals surface area contributed by atoms with Crippen molar-refractivity contribution in [1.82, 2.24) is 0 Å². The first kappa shape index (κ1) is 23.0. The second-order valence-electron chi connectivity index (χ2n) is 7.58. The van der Waals surface area contributed by atoms with Crippen molar-refractivity contribution in [3.05, 3.63) is 103 Å². The predicted octanol–water partition coefficient (Wildman–Crippen LogP) is 6.93. The minimum absolute atomic E-state index is 0.228. The topological polar surface area (TPSA) is 38.7 Å². The monoisotopic (exact) mass is 426 g/mol. The van der Waals surface area contributed by atoms with Crippen LogP contribution in [0.25, 0.3) is 22.3 Å². The summed E-state index contributed by atoms with van der Waals surface area (Å²) in [6.07, 6.45) is 7.70. The molecule has 0 aliphatic carbocycles. The summed E-state index contributed by atoms with van der Waals surface area (Å²) in [5, 5.41) is 10.7. The maximum atomic E-state index is 10.7. The number of hydrogen-bond donors (Lipinski definition) is 1. The lowest BCUT2D eigenvalue weighted by Crippen LogP contribution is -1.98. The largest absolute Gasteiger partial charge is 0.507 e.